The fraction of sp³-hybridized carbons (Fsp3) is 0.429. The number of nitrogens with zero attached hydrogens (tertiary/aromatic N) is 2. The van der Waals surface area contributed by atoms with Gasteiger partial charge in [0.25, 0.3) is 0 Å². The Balaban J connectivity index is 1.63. The molecule has 0 spiro atoms. The summed E-state index contributed by atoms with van der Waals surface area (Å²) >= 11 is 0. The van der Waals surface area contributed by atoms with Crippen LogP contribution in [0.4, 0.5) is 0 Å². The molecule has 1 aromatic carbocycles. The monoisotopic (exact) mass is 353 g/mol. The van der Waals surface area contributed by atoms with Crippen LogP contribution >= 0.6 is 0 Å². The quantitative estimate of drug-likeness (QED) is 0.812. The summed E-state index contributed by atoms with van der Waals surface area (Å²) in [5.74, 6) is -0.0921. The SMILES string of the molecule is Cc1ccc(Cn2nc(C)c(/C=C/C(=O)NCC3CCCO3)c2C)cc1. The Morgan fingerprint density at radius 3 is 2.77 bits per heavy atom. The minimum atomic E-state index is -0.0921. The molecule has 1 atom stereocenters. The van der Waals surface area contributed by atoms with Gasteiger partial charge in [0.15, 0.2) is 0 Å². The van der Waals surface area contributed by atoms with Crippen molar-refractivity contribution < 1.29 is 9.53 Å². The highest BCUT2D eigenvalue weighted by molar-refractivity contribution is 5.92. The summed E-state index contributed by atoms with van der Waals surface area (Å²) in [5.41, 5.74) is 5.46. The molecule has 1 unspecified atom stereocenters. The van der Waals surface area contributed by atoms with Crippen LogP contribution in [0, 0.1) is 20.8 Å². The zero-order chi connectivity index (χ0) is 18.5. The van der Waals surface area contributed by atoms with E-state index in [1.807, 2.05) is 24.6 Å². The summed E-state index contributed by atoms with van der Waals surface area (Å²) in [6, 6.07) is 8.47. The molecule has 0 radical (unpaired) electrons. The minimum Gasteiger partial charge on any atom is -0.376 e. The maximum Gasteiger partial charge on any atom is 0.244 e. The van der Waals surface area contributed by atoms with Gasteiger partial charge >= 0.3 is 0 Å². The lowest BCUT2D eigenvalue weighted by Gasteiger charge is -2.08. The van der Waals surface area contributed by atoms with E-state index in [0.29, 0.717) is 6.54 Å². The van der Waals surface area contributed by atoms with Crippen molar-refractivity contribution in [2.75, 3.05) is 13.2 Å². The first-order valence-electron chi connectivity index (χ1n) is 9.20. The average molecular weight is 353 g/mol. The molecule has 1 saturated heterocycles. The molecule has 1 fully saturated rings. The van der Waals surface area contributed by atoms with Crippen LogP contribution < -0.4 is 5.32 Å². The maximum absolute atomic E-state index is 12.0. The summed E-state index contributed by atoms with van der Waals surface area (Å²) in [6.07, 6.45) is 5.70. The number of benzene rings is 1. The number of aryl methyl sites for hydroxylation is 2. The van der Waals surface area contributed by atoms with Crippen molar-refractivity contribution in [3.8, 4) is 0 Å². The molecule has 3 rings (SSSR count). The van der Waals surface area contributed by atoms with E-state index in [1.54, 1.807) is 6.08 Å². The first-order chi connectivity index (χ1) is 12.5. The minimum absolute atomic E-state index is 0.0921. The molecule has 5 nitrogen and oxygen atoms in total. The summed E-state index contributed by atoms with van der Waals surface area (Å²) in [6.45, 7) is 8.20. The first kappa shape index (κ1) is 18.4. The number of carbonyl (C=O) groups is 1. The highest BCUT2D eigenvalue weighted by Gasteiger charge is 2.15. The lowest BCUT2D eigenvalue weighted by molar-refractivity contribution is -0.116. The number of ether oxygens (including phenoxy) is 1. The Morgan fingerprint density at radius 2 is 2.08 bits per heavy atom. The van der Waals surface area contributed by atoms with Gasteiger partial charge in [0.1, 0.15) is 0 Å². The van der Waals surface area contributed by atoms with Crippen molar-refractivity contribution in [2.24, 2.45) is 0 Å². The maximum atomic E-state index is 12.0. The van der Waals surface area contributed by atoms with Gasteiger partial charge in [-0.25, -0.2) is 0 Å². The molecule has 0 aliphatic carbocycles. The number of nitrogens with one attached hydrogen (secondary N) is 1. The Morgan fingerprint density at radius 1 is 1.31 bits per heavy atom. The van der Waals surface area contributed by atoms with Crippen LogP contribution in [0.1, 0.15) is 40.9 Å². The van der Waals surface area contributed by atoms with Crippen molar-refractivity contribution in [3.05, 3.63) is 58.4 Å². The number of hydrogen-bond acceptors (Lipinski definition) is 3. The van der Waals surface area contributed by atoms with Gasteiger partial charge in [-0.2, -0.15) is 5.10 Å². The molecule has 2 heterocycles. The van der Waals surface area contributed by atoms with Crippen LogP contribution in [0.15, 0.2) is 30.3 Å². The fourth-order valence-electron chi connectivity index (χ4n) is 3.21. The van der Waals surface area contributed by atoms with Crippen LogP contribution in [0.5, 0.6) is 0 Å². The van der Waals surface area contributed by atoms with Crippen molar-refractivity contribution in [2.45, 2.75) is 46.3 Å². The van der Waals surface area contributed by atoms with Crippen LogP contribution in [0.2, 0.25) is 0 Å². The molecule has 1 N–H and O–H groups in total. The molecule has 1 aliphatic heterocycles. The lowest BCUT2D eigenvalue weighted by atomic mass is 10.1. The molecule has 1 aliphatic rings. The van der Waals surface area contributed by atoms with Gasteiger partial charge in [0, 0.05) is 30.5 Å². The normalized spacial score (nSPS) is 17.1. The second kappa shape index (κ2) is 8.32. The third-order valence-electron chi connectivity index (χ3n) is 4.82. The van der Waals surface area contributed by atoms with Gasteiger partial charge in [0.2, 0.25) is 5.91 Å². The highest BCUT2D eigenvalue weighted by atomic mass is 16.5. The second-order valence-corrected chi connectivity index (χ2v) is 6.94. The Bertz CT molecular complexity index is 784. The number of aromatic nitrogens is 2. The summed E-state index contributed by atoms with van der Waals surface area (Å²) < 4.78 is 7.51. The van der Waals surface area contributed by atoms with Crippen LogP contribution in [0.25, 0.3) is 6.08 Å². The lowest BCUT2D eigenvalue weighted by Crippen LogP contribution is -2.30. The van der Waals surface area contributed by atoms with E-state index in [1.165, 1.54) is 11.1 Å². The third kappa shape index (κ3) is 4.61. The second-order valence-electron chi connectivity index (χ2n) is 6.94. The van der Waals surface area contributed by atoms with Crippen LogP contribution in [0.3, 0.4) is 0 Å². The Labute approximate surface area is 155 Å². The highest BCUT2D eigenvalue weighted by Crippen LogP contribution is 2.17. The van der Waals surface area contributed by atoms with Crippen molar-refractivity contribution >= 4 is 12.0 Å². The Hall–Kier alpha value is -2.40. The summed E-state index contributed by atoms with van der Waals surface area (Å²) in [7, 11) is 0. The predicted octanol–water partition coefficient (Wildman–Crippen LogP) is 3.17. The van der Waals surface area contributed by atoms with E-state index in [4.69, 9.17) is 4.74 Å². The van der Waals surface area contributed by atoms with E-state index in [9.17, 15) is 4.79 Å². The van der Waals surface area contributed by atoms with Crippen molar-refractivity contribution in [1.82, 2.24) is 15.1 Å². The molecular formula is C21H27N3O2. The van der Waals surface area contributed by atoms with Gasteiger partial charge < -0.3 is 10.1 Å². The molecule has 0 bridgehead atoms. The van der Waals surface area contributed by atoms with E-state index < -0.39 is 0 Å². The summed E-state index contributed by atoms with van der Waals surface area (Å²) in [4.78, 5) is 12.0. The van der Waals surface area contributed by atoms with Gasteiger partial charge in [0.05, 0.1) is 18.3 Å². The number of hydrogen-bond donors (Lipinski definition) is 1. The first-order valence-corrected chi connectivity index (χ1v) is 9.20. The zero-order valence-corrected chi connectivity index (χ0v) is 15.8. The van der Waals surface area contributed by atoms with E-state index in [0.717, 1.165) is 42.9 Å². The van der Waals surface area contributed by atoms with E-state index in [-0.39, 0.29) is 12.0 Å². The van der Waals surface area contributed by atoms with Crippen LogP contribution in [-0.4, -0.2) is 34.9 Å². The van der Waals surface area contributed by atoms with Gasteiger partial charge in [-0.1, -0.05) is 29.8 Å². The molecule has 5 heteroatoms. The molecule has 2 aromatic rings. The Kier molecular flexibility index (Phi) is 5.89. The zero-order valence-electron chi connectivity index (χ0n) is 15.8. The predicted molar refractivity (Wildman–Crippen MR) is 103 cm³/mol. The molecule has 138 valence electrons. The summed E-state index contributed by atoms with van der Waals surface area (Å²) in [5, 5.41) is 7.54. The molecule has 0 saturated carbocycles. The molecular weight excluding hydrogens is 326 g/mol. The van der Waals surface area contributed by atoms with E-state index in [2.05, 4.69) is 41.6 Å². The smallest absolute Gasteiger partial charge is 0.244 e. The number of rotatable bonds is 6. The van der Waals surface area contributed by atoms with Gasteiger partial charge in [-0.3, -0.25) is 9.48 Å². The molecule has 1 amide bonds. The van der Waals surface area contributed by atoms with Gasteiger partial charge in [-0.15, -0.1) is 0 Å². The van der Waals surface area contributed by atoms with Crippen LogP contribution in [-0.2, 0) is 16.1 Å². The van der Waals surface area contributed by atoms with E-state index >= 15 is 0 Å². The fourth-order valence-corrected chi connectivity index (χ4v) is 3.21. The molecule has 1 aromatic heterocycles. The van der Waals surface area contributed by atoms with Crippen molar-refractivity contribution in [1.29, 1.82) is 0 Å². The standard InChI is InChI=1S/C21H27N3O2/c1-15-6-8-18(9-7-15)14-24-17(3)20(16(2)23-24)10-11-21(25)22-13-19-5-4-12-26-19/h6-11,19H,4-5,12-14H2,1-3H3,(H,22,25)/b11-10+. The topological polar surface area (TPSA) is 56.2 Å². The largest absolute Gasteiger partial charge is 0.376 e. The number of amides is 1. The molecule has 26 heavy (non-hydrogen) atoms. The van der Waals surface area contributed by atoms with Gasteiger partial charge in [-0.05, 0) is 45.3 Å². The number of carbonyl (C=O) groups excluding carboxylic acids is 1. The average Bonchev–Trinajstić information content (AvgIpc) is 3.23. The third-order valence-corrected chi connectivity index (χ3v) is 4.82. The van der Waals surface area contributed by atoms with Crippen molar-refractivity contribution in [3.63, 3.8) is 0 Å².